The van der Waals surface area contributed by atoms with Gasteiger partial charge < -0.3 is 9.64 Å². The first-order chi connectivity index (χ1) is 11.9. The Kier molecular flexibility index (Phi) is 7.27. The van der Waals surface area contributed by atoms with Gasteiger partial charge in [0.2, 0.25) is 5.88 Å². The van der Waals surface area contributed by atoms with Gasteiger partial charge in [-0.2, -0.15) is 0 Å². The van der Waals surface area contributed by atoms with Crippen LogP contribution in [-0.2, 0) is 6.42 Å². The standard InChI is InChI=1S/C21H35N3O/c1-7-17-13-20(22-14-24(6)8-2)16(5)23-21(17)25-19-11-9-18(10-12-19)15(3)4/h13-15,18-19H,7-12H2,1-6H3/b22-14+. The Morgan fingerprint density at radius 3 is 2.52 bits per heavy atom. The van der Waals surface area contributed by atoms with Crippen molar-refractivity contribution in [3.63, 3.8) is 0 Å². The van der Waals surface area contributed by atoms with E-state index in [2.05, 4.69) is 43.7 Å². The van der Waals surface area contributed by atoms with Crippen LogP contribution in [0.1, 0.15) is 64.6 Å². The number of hydrogen-bond donors (Lipinski definition) is 0. The van der Waals surface area contributed by atoms with Gasteiger partial charge in [0.15, 0.2) is 0 Å². The van der Waals surface area contributed by atoms with Crippen LogP contribution in [-0.4, -0.2) is 35.9 Å². The summed E-state index contributed by atoms with van der Waals surface area (Å²) < 4.78 is 6.31. The molecule has 1 aliphatic carbocycles. The minimum atomic E-state index is 0.313. The highest BCUT2D eigenvalue weighted by Crippen LogP contribution is 2.33. The number of ether oxygens (including phenoxy) is 1. The van der Waals surface area contributed by atoms with Crippen molar-refractivity contribution in [1.82, 2.24) is 9.88 Å². The van der Waals surface area contributed by atoms with Gasteiger partial charge in [-0.1, -0.05) is 20.8 Å². The van der Waals surface area contributed by atoms with Crippen molar-refractivity contribution in [3.05, 3.63) is 17.3 Å². The lowest BCUT2D eigenvalue weighted by atomic mass is 9.80. The molecule has 1 saturated carbocycles. The van der Waals surface area contributed by atoms with Gasteiger partial charge >= 0.3 is 0 Å². The second-order valence-corrected chi connectivity index (χ2v) is 7.63. The molecule has 1 fully saturated rings. The van der Waals surface area contributed by atoms with E-state index >= 15 is 0 Å². The summed E-state index contributed by atoms with van der Waals surface area (Å²) in [6, 6.07) is 2.14. The van der Waals surface area contributed by atoms with E-state index in [0.717, 1.165) is 60.5 Å². The van der Waals surface area contributed by atoms with E-state index in [1.54, 1.807) is 0 Å². The lowest BCUT2D eigenvalue weighted by Crippen LogP contribution is -2.27. The van der Waals surface area contributed by atoms with Crippen molar-refractivity contribution in [1.29, 1.82) is 0 Å². The van der Waals surface area contributed by atoms with Crippen LogP contribution in [0.4, 0.5) is 5.69 Å². The Bertz CT molecular complexity index is 575. The summed E-state index contributed by atoms with van der Waals surface area (Å²) in [6.45, 7) is 11.9. The molecule has 1 aromatic heterocycles. The van der Waals surface area contributed by atoms with Crippen molar-refractivity contribution in [2.45, 2.75) is 72.8 Å². The van der Waals surface area contributed by atoms with Gasteiger partial charge in [-0.15, -0.1) is 0 Å². The summed E-state index contributed by atoms with van der Waals surface area (Å²) in [5.74, 6) is 2.45. The monoisotopic (exact) mass is 345 g/mol. The second kappa shape index (κ2) is 9.21. The topological polar surface area (TPSA) is 37.7 Å². The van der Waals surface area contributed by atoms with Crippen molar-refractivity contribution in [2.24, 2.45) is 16.8 Å². The quantitative estimate of drug-likeness (QED) is 0.506. The van der Waals surface area contributed by atoms with Gasteiger partial charge in [-0.3, -0.25) is 0 Å². The molecule has 0 amide bonds. The molecule has 0 radical (unpaired) electrons. The summed E-state index contributed by atoms with van der Waals surface area (Å²) in [7, 11) is 2.03. The highest BCUT2D eigenvalue weighted by atomic mass is 16.5. The van der Waals surface area contributed by atoms with E-state index in [1.165, 1.54) is 12.8 Å². The minimum absolute atomic E-state index is 0.313. The van der Waals surface area contributed by atoms with Crippen LogP contribution < -0.4 is 4.74 Å². The zero-order valence-electron chi connectivity index (χ0n) is 16.9. The minimum Gasteiger partial charge on any atom is -0.474 e. The third-order valence-corrected chi connectivity index (χ3v) is 5.44. The molecule has 4 heteroatoms. The smallest absolute Gasteiger partial charge is 0.217 e. The molecule has 1 heterocycles. The molecule has 0 atom stereocenters. The molecule has 0 spiro atoms. The summed E-state index contributed by atoms with van der Waals surface area (Å²) in [5, 5.41) is 0. The van der Waals surface area contributed by atoms with Gasteiger partial charge in [0.1, 0.15) is 6.10 Å². The molecular weight excluding hydrogens is 310 g/mol. The van der Waals surface area contributed by atoms with Crippen molar-refractivity contribution < 1.29 is 4.74 Å². The lowest BCUT2D eigenvalue weighted by Gasteiger charge is -2.31. The van der Waals surface area contributed by atoms with Crippen LogP contribution in [0, 0.1) is 18.8 Å². The largest absolute Gasteiger partial charge is 0.474 e. The van der Waals surface area contributed by atoms with E-state index in [-0.39, 0.29) is 0 Å². The van der Waals surface area contributed by atoms with Gasteiger partial charge in [0.25, 0.3) is 0 Å². The lowest BCUT2D eigenvalue weighted by molar-refractivity contribution is 0.111. The molecule has 0 bridgehead atoms. The van der Waals surface area contributed by atoms with Crippen LogP contribution in [0.25, 0.3) is 0 Å². The number of aliphatic imine (C=N–C) groups is 1. The molecule has 25 heavy (non-hydrogen) atoms. The molecule has 0 unspecified atom stereocenters. The number of hydrogen-bond acceptors (Lipinski definition) is 3. The van der Waals surface area contributed by atoms with E-state index in [1.807, 2.05) is 20.3 Å². The molecule has 2 rings (SSSR count). The van der Waals surface area contributed by atoms with Crippen LogP contribution in [0.2, 0.25) is 0 Å². The van der Waals surface area contributed by atoms with E-state index in [4.69, 9.17) is 9.72 Å². The Labute approximate surface area is 153 Å². The summed E-state index contributed by atoms with van der Waals surface area (Å²) in [5.41, 5.74) is 3.03. The summed E-state index contributed by atoms with van der Waals surface area (Å²) in [6.07, 6.45) is 7.94. The average molecular weight is 346 g/mol. The highest BCUT2D eigenvalue weighted by Gasteiger charge is 2.25. The molecule has 0 saturated heterocycles. The van der Waals surface area contributed by atoms with E-state index < -0.39 is 0 Å². The SMILES string of the molecule is CCc1cc(/N=C/N(C)CC)c(C)nc1OC1CCC(C(C)C)CC1. The predicted octanol–water partition coefficient (Wildman–Crippen LogP) is 5.16. The first-order valence-corrected chi connectivity index (χ1v) is 9.86. The molecule has 0 N–H and O–H groups in total. The summed E-state index contributed by atoms with van der Waals surface area (Å²) in [4.78, 5) is 11.4. The Hall–Kier alpha value is -1.58. The normalized spacial score (nSPS) is 21.1. The number of aromatic nitrogens is 1. The van der Waals surface area contributed by atoms with Gasteiger partial charge in [-0.25, -0.2) is 9.98 Å². The Morgan fingerprint density at radius 1 is 1.28 bits per heavy atom. The maximum Gasteiger partial charge on any atom is 0.217 e. The third-order valence-electron chi connectivity index (χ3n) is 5.44. The molecule has 4 nitrogen and oxygen atoms in total. The van der Waals surface area contributed by atoms with Crippen molar-refractivity contribution in [2.75, 3.05) is 13.6 Å². The van der Waals surface area contributed by atoms with Crippen LogP contribution >= 0.6 is 0 Å². The highest BCUT2D eigenvalue weighted by molar-refractivity contribution is 5.63. The number of rotatable bonds is 7. The van der Waals surface area contributed by atoms with Crippen molar-refractivity contribution in [3.8, 4) is 5.88 Å². The zero-order chi connectivity index (χ0) is 18.4. The van der Waals surface area contributed by atoms with E-state index in [0.29, 0.717) is 6.10 Å². The maximum atomic E-state index is 6.31. The van der Waals surface area contributed by atoms with Gasteiger partial charge in [0, 0.05) is 19.2 Å². The first kappa shape index (κ1) is 19.7. The average Bonchev–Trinajstić information content (AvgIpc) is 2.61. The van der Waals surface area contributed by atoms with E-state index in [9.17, 15) is 0 Å². The predicted molar refractivity (Wildman–Crippen MR) is 106 cm³/mol. The molecular formula is C21H35N3O. The second-order valence-electron chi connectivity index (χ2n) is 7.63. The molecule has 0 aromatic carbocycles. The molecule has 140 valence electrons. The van der Waals surface area contributed by atoms with Crippen LogP contribution in [0.5, 0.6) is 5.88 Å². The number of aryl methyl sites for hydroxylation is 2. The van der Waals surface area contributed by atoms with Crippen LogP contribution in [0.3, 0.4) is 0 Å². The summed E-state index contributed by atoms with van der Waals surface area (Å²) >= 11 is 0. The Balaban J connectivity index is 2.08. The van der Waals surface area contributed by atoms with Gasteiger partial charge in [0.05, 0.1) is 17.7 Å². The first-order valence-electron chi connectivity index (χ1n) is 9.86. The molecule has 1 aromatic rings. The fraction of sp³-hybridized carbons (Fsp3) is 0.714. The Morgan fingerprint density at radius 2 is 1.96 bits per heavy atom. The zero-order valence-corrected chi connectivity index (χ0v) is 16.9. The van der Waals surface area contributed by atoms with Gasteiger partial charge in [-0.05, 0) is 63.9 Å². The third kappa shape index (κ3) is 5.45. The van der Waals surface area contributed by atoms with Crippen LogP contribution in [0.15, 0.2) is 11.1 Å². The molecule has 1 aliphatic rings. The van der Waals surface area contributed by atoms with Crippen molar-refractivity contribution >= 4 is 12.0 Å². The fourth-order valence-corrected chi connectivity index (χ4v) is 3.37. The fourth-order valence-electron chi connectivity index (χ4n) is 3.37. The number of nitrogens with zero attached hydrogens (tertiary/aromatic N) is 3. The number of pyridine rings is 1. The molecule has 0 aliphatic heterocycles. The maximum absolute atomic E-state index is 6.31.